The molecule has 2 heterocycles. The maximum absolute atomic E-state index is 11.5. The summed E-state index contributed by atoms with van der Waals surface area (Å²) in [6, 6.07) is 7.65. The molecule has 0 amide bonds. The molecule has 0 fully saturated rings. The average molecular weight is 399 g/mol. The van der Waals surface area contributed by atoms with Gasteiger partial charge in [-0.3, -0.25) is 15.2 Å². The van der Waals surface area contributed by atoms with Gasteiger partial charge in [-0.2, -0.15) is 0 Å². The number of rotatable bonds is 7. The minimum absolute atomic E-state index is 0.0589. The number of aromatic amines is 1. The predicted molar refractivity (Wildman–Crippen MR) is 100 cm³/mol. The van der Waals surface area contributed by atoms with E-state index in [2.05, 4.69) is 15.2 Å². The zero-order valence-corrected chi connectivity index (χ0v) is 15.8. The second kappa shape index (κ2) is 8.09. The molecule has 0 radical (unpaired) electrons. The van der Waals surface area contributed by atoms with Crippen LogP contribution in [0.25, 0.3) is 17.4 Å². The van der Waals surface area contributed by atoms with Crippen LogP contribution in [0.2, 0.25) is 0 Å². The Bertz CT molecular complexity index is 1070. The molecule has 1 N–H and O–H groups in total. The fourth-order valence-corrected chi connectivity index (χ4v) is 3.11. The first-order chi connectivity index (χ1) is 13.4. The zero-order valence-electron chi connectivity index (χ0n) is 15.0. The molecule has 0 spiro atoms. The van der Waals surface area contributed by atoms with Gasteiger partial charge in [-0.05, 0) is 42.5 Å². The van der Waals surface area contributed by atoms with Crippen LogP contribution in [0, 0.1) is 17.0 Å². The van der Waals surface area contributed by atoms with Gasteiger partial charge in [-0.15, -0.1) is 5.10 Å². The molecular weight excluding hydrogens is 384 g/mol. The molecule has 10 heteroatoms. The Hall–Kier alpha value is -3.40. The van der Waals surface area contributed by atoms with Gasteiger partial charge in [0.1, 0.15) is 17.3 Å². The van der Waals surface area contributed by atoms with Crippen LogP contribution in [-0.2, 0) is 11.2 Å². The number of carbonyl (C=O) groups excluding carboxylic acids is 1. The number of nitro groups is 1. The molecule has 0 aliphatic heterocycles. The number of nitrogens with zero attached hydrogens (tertiary/aromatic N) is 3. The Morgan fingerprint density at radius 2 is 2.14 bits per heavy atom. The Morgan fingerprint density at radius 1 is 1.36 bits per heavy atom. The van der Waals surface area contributed by atoms with Crippen molar-refractivity contribution in [3.8, 4) is 11.3 Å². The summed E-state index contributed by atoms with van der Waals surface area (Å²) >= 11 is 0.839. The van der Waals surface area contributed by atoms with Crippen LogP contribution < -0.4 is 5.11 Å². The van der Waals surface area contributed by atoms with E-state index in [1.165, 1.54) is 18.2 Å². The number of benzene rings is 1. The van der Waals surface area contributed by atoms with Gasteiger partial charge in [0.05, 0.1) is 10.9 Å². The first-order valence-corrected chi connectivity index (χ1v) is 9.06. The Labute approximate surface area is 163 Å². The lowest BCUT2D eigenvalue weighted by atomic mass is 10.1. The molecule has 0 saturated carbocycles. The molecule has 0 atom stereocenters. The largest absolute Gasteiger partial charge is 0.544 e. The van der Waals surface area contributed by atoms with Gasteiger partial charge in [-0.25, -0.2) is 4.98 Å². The maximum atomic E-state index is 11.5. The summed E-state index contributed by atoms with van der Waals surface area (Å²) in [4.78, 5) is 26.0. The summed E-state index contributed by atoms with van der Waals surface area (Å²) in [6.45, 7) is 3.69. The smallest absolute Gasteiger partial charge is 0.270 e. The summed E-state index contributed by atoms with van der Waals surface area (Å²) in [5.74, 6) is -0.0980. The summed E-state index contributed by atoms with van der Waals surface area (Å²) in [5.41, 5.74) is 1.28. The first kappa shape index (κ1) is 19.4. The van der Waals surface area contributed by atoms with Crippen LogP contribution in [0.4, 0.5) is 5.69 Å². The molecule has 0 aliphatic carbocycles. The number of hydrogen-bond acceptors (Lipinski definition) is 8. The maximum Gasteiger partial charge on any atom is 0.270 e. The molecule has 28 heavy (non-hydrogen) atoms. The molecule has 3 rings (SSSR count). The summed E-state index contributed by atoms with van der Waals surface area (Å²) in [6.07, 6.45) is 1.94. The molecule has 0 bridgehead atoms. The van der Waals surface area contributed by atoms with E-state index in [0.717, 1.165) is 17.3 Å². The third kappa shape index (κ3) is 4.29. The number of thioether (sulfide) groups is 1. The Morgan fingerprint density at radius 3 is 2.79 bits per heavy atom. The number of carboxylic acids is 1. The van der Waals surface area contributed by atoms with E-state index in [-0.39, 0.29) is 21.5 Å². The van der Waals surface area contributed by atoms with Crippen molar-refractivity contribution >= 4 is 29.5 Å². The van der Waals surface area contributed by atoms with Gasteiger partial charge >= 0.3 is 0 Å². The third-order valence-electron chi connectivity index (χ3n) is 3.85. The Kier molecular flexibility index (Phi) is 5.59. The monoisotopic (exact) mass is 399 g/mol. The minimum Gasteiger partial charge on any atom is -0.544 e. The van der Waals surface area contributed by atoms with Crippen molar-refractivity contribution in [3.05, 3.63) is 62.5 Å². The molecule has 0 unspecified atom stereocenters. The van der Waals surface area contributed by atoms with E-state index in [0.29, 0.717) is 23.6 Å². The van der Waals surface area contributed by atoms with E-state index in [9.17, 15) is 20.0 Å². The number of nitrogens with one attached hydrogen (secondary N) is 1. The van der Waals surface area contributed by atoms with Gasteiger partial charge in [0.15, 0.2) is 0 Å². The van der Waals surface area contributed by atoms with Crippen molar-refractivity contribution in [2.45, 2.75) is 25.4 Å². The molecule has 3 aromatic rings. The fourth-order valence-electron chi connectivity index (χ4n) is 2.40. The number of carbonyl (C=O) groups is 1. The van der Waals surface area contributed by atoms with E-state index in [1.54, 1.807) is 25.1 Å². The predicted octanol–water partition coefficient (Wildman–Crippen LogP) is 2.73. The molecular formula is C18H15N4O5S-. The van der Waals surface area contributed by atoms with E-state index in [1.807, 2.05) is 6.92 Å². The first-order valence-electron chi connectivity index (χ1n) is 8.24. The standard InChI is InChI=1S/C18H16N4O5S/c1-3-16-19-18(21-20-16)28-15(17(23)24)9-12-6-7-14(27-12)13-8-11(22(25)26)5-4-10(13)2/h4-9H,3H2,1-2H3,(H,23,24)(H,19,20,21)/p-1/b15-9+. The number of hydrogen-bond donors (Lipinski definition) is 1. The highest BCUT2D eigenvalue weighted by Gasteiger charge is 2.14. The lowest BCUT2D eigenvalue weighted by Crippen LogP contribution is -2.23. The van der Waals surface area contributed by atoms with Crippen LogP contribution in [0.5, 0.6) is 0 Å². The second-order valence-corrected chi connectivity index (χ2v) is 6.78. The molecule has 0 aliphatic rings. The summed E-state index contributed by atoms with van der Waals surface area (Å²) in [5, 5.41) is 29.4. The highest BCUT2D eigenvalue weighted by molar-refractivity contribution is 8.04. The van der Waals surface area contributed by atoms with Crippen molar-refractivity contribution in [2.24, 2.45) is 0 Å². The number of carboxylic acid groups (broad SMARTS) is 1. The average Bonchev–Trinajstić information content (AvgIpc) is 3.30. The molecule has 0 saturated heterocycles. The molecule has 1 aromatic carbocycles. The molecule has 9 nitrogen and oxygen atoms in total. The molecule has 2 aromatic heterocycles. The number of H-pyrrole nitrogens is 1. The lowest BCUT2D eigenvalue weighted by Gasteiger charge is -2.05. The Balaban J connectivity index is 1.90. The topological polar surface area (TPSA) is 138 Å². The normalized spacial score (nSPS) is 11.6. The molecule has 144 valence electrons. The lowest BCUT2D eigenvalue weighted by molar-refractivity contribution is -0.384. The quantitative estimate of drug-likeness (QED) is 0.277. The SMILES string of the molecule is CCc1nc(S/C(=C/c2ccc(-c3cc([N+](=O)[O-])ccc3C)o2)C(=O)[O-])n[nH]1. The third-order valence-corrected chi connectivity index (χ3v) is 4.72. The minimum atomic E-state index is -1.39. The number of furan rings is 1. The van der Waals surface area contributed by atoms with Gasteiger partial charge < -0.3 is 14.3 Å². The number of aliphatic carboxylic acids is 1. The summed E-state index contributed by atoms with van der Waals surface area (Å²) < 4.78 is 5.68. The van der Waals surface area contributed by atoms with Crippen LogP contribution in [0.15, 0.2) is 44.8 Å². The summed E-state index contributed by atoms with van der Waals surface area (Å²) in [7, 11) is 0. The van der Waals surface area contributed by atoms with Gasteiger partial charge in [-0.1, -0.05) is 13.0 Å². The van der Waals surface area contributed by atoms with Gasteiger partial charge in [0.2, 0.25) is 5.16 Å². The van der Waals surface area contributed by atoms with Crippen molar-refractivity contribution in [1.29, 1.82) is 0 Å². The van der Waals surface area contributed by atoms with E-state index in [4.69, 9.17) is 4.42 Å². The van der Waals surface area contributed by atoms with Gasteiger partial charge in [0.25, 0.3) is 5.69 Å². The van der Waals surface area contributed by atoms with Crippen LogP contribution in [0.3, 0.4) is 0 Å². The van der Waals surface area contributed by atoms with Crippen molar-refractivity contribution in [2.75, 3.05) is 0 Å². The highest BCUT2D eigenvalue weighted by atomic mass is 32.2. The van der Waals surface area contributed by atoms with E-state index < -0.39 is 10.9 Å². The number of non-ortho nitro benzene ring substituents is 1. The number of aryl methyl sites for hydroxylation is 2. The fraction of sp³-hybridized carbons (Fsp3) is 0.167. The van der Waals surface area contributed by atoms with Crippen molar-refractivity contribution in [1.82, 2.24) is 15.2 Å². The van der Waals surface area contributed by atoms with Gasteiger partial charge in [0, 0.05) is 29.0 Å². The van der Waals surface area contributed by atoms with Crippen molar-refractivity contribution in [3.63, 3.8) is 0 Å². The van der Waals surface area contributed by atoms with Crippen LogP contribution in [0.1, 0.15) is 24.1 Å². The van der Waals surface area contributed by atoms with E-state index >= 15 is 0 Å². The highest BCUT2D eigenvalue weighted by Crippen LogP contribution is 2.31. The van der Waals surface area contributed by atoms with Crippen LogP contribution in [-0.4, -0.2) is 26.1 Å². The zero-order chi connectivity index (χ0) is 20.3. The van der Waals surface area contributed by atoms with Crippen LogP contribution >= 0.6 is 11.8 Å². The number of nitro benzene ring substituents is 1. The second-order valence-electron chi connectivity index (χ2n) is 5.77. The van der Waals surface area contributed by atoms with Crippen molar-refractivity contribution < 1.29 is 19.2 Å². The number of aromatic nitrogens is 3.